The van der Waals surface area contributed by atoms with E-state index in [2.05, 4.69) is 25.8 Å². The predicted octanol–water partition coefficient (Wildman–Crippen LogP) is 4.01. The number of alkyl halides is 2. The van der Waals surface area contributed by atoms with Gasteiger partial charge in [0.2, 0.25) is 11.8 Å². The van der Waals surface area contributed by atoms with Gasteiger partial charge in [-0.3, -0.25) is 34.5 Å². The first kappa shape index (κ1) is 39.2. The van der Waals surface area contributed by atoms with Crippen LogP contribution in [-0.2, 0) is 22.6 Å². The molecule has 7 heterocycles. The molecule has 3 saturated heterocycles. The van der Waals surface area contributed by atoms with Gasteiger partial charge in [0.25, 0.3) is 11.8 Å². The van der Waals surface area contributed by atoms with E-state index in [9.17, 15) is 14.4 Å². The van der Waals surface area contributed by atoms with Gasteiger partial charge in [0.1, 0.15) is 17.6 Å². The van der Waals surface area contributed by atoms with Crippen molar-refractivity contribution < 1.29 is 27.6 Å². The maximum atomic E-state index is 15.8. The van der Waals surface area contributed by atoms with Crippen LogP contribution in [0.2, 0.25) is 0 Å². The molecule has 4 aliphatic rings. The number of imidazole rings is 1. The van der Waals surface area contributed by atoms with Crippen LogP contribution in [0.25, 0.3) is 16.9 Å². The largest absolute Gasteiger partial charge is 0.385 e. The standard InChI is InChI=1S/C42H45F3N12O3/c1-47-33-20-37(52-57-35(39(46)59)22-49-40(33)57)56-14-11-28-27(3-2-4-34(28)56)30-7-5-25(21-48-30)23-53-13-12-36(42(44,45)24-53)55-17-15-54(16-18-55)26-6-8-31(29(43)19-26)50-32-9-10-38(58)51-41(32)60/h2-8,19-22,32,36,47,50H,9-18,23-24H2,1H3,(H2,46,59)(H,51,58,60). The van der Waals surface area contributed by atoms with Crippen molar-refractivity contribution >= 4 is 51.9 Å². The minimum atomic E-state index is -2.92. The first-order chi connectivity index (χ1) is 28.9. The van der Waals surface area contributed by atoms with Crippen molar-refractivity contribution in [3.63, 3.8) is 0 Å². The van der Waals surface area contributed by atoms with Crippen LogP contribution in [-0.4, -0.2) is 118 Å². The van der Waals surface area contributed by atoms with Gasteiger partial charge in [0.05, 0.1) is 35.9 Å². The Balaban J connectivity index is 0.806. The summed E-state index contributed by atoms with van der Waals surface area (Å²) >= 11 is 0. The molecule has 2 unspecified atom stereocenters. The Morgan fingerprint density at radius 3 is 2.50 bits per heavy atom. The van der Waals surface area contributed by atoms with Crippen LogP contribution in [0.15, 0.2) is 67.0 Å². The van der Waals surface area contributed by atoms with Crippen molar-refractivity contribution in [1.29, 1.82) is 0 Å². The van der Waals surface area contributed by atoms with Crippen LogP contribution in [0.1, 0.15) is 40.9 Å². The number of anilines is 5. The third-order valence-corrected chi connectivity index (χ3v) is 12.1. The normalized spacial score (nSPS) is 20.9. The van der Waals surface area contributed by atoms with Gasteiger partial charge in [-0.15, -0.1) is 5.10 Å². The lowest BCUT2D eigenvalue weighted by molar-refractivity contribution is -0.133. The first-order valence-corrected chi connectivity index (χ1v) is 20.2. The van der Waals surface area contributed by atoms with Crippen LogP contribution < -0.4 is 31.5 Å². The van der Waals surface area contributed by atoms with E-state index in [0.29, 0.717) is 75.1 Å². The van der Waals surface area contributed by atoms with Gasteiger partial charge in [-0.05, 0) is 60.7 Å². The van der Waals surface area contributed by atoms with Crippen molar-refractivity contribution in [3.8, 4) is 11.3 Å². The van der Waals surface area contributed by atoms with E-state index in [-0.39, 0.29) is 36.7 Å². The Labute approximate surface area is 343 Å². The molecule has 4 aliphatic heterocycles. The Hall–Kier alpha value is -6.27. The highest BCUT2D eigenvalue weighted by Gasteiger charge is 2.48. The number of primary amides is 1. The van der Waals surface area contributed by atoms with E-state index in [1.807, 2.05) is 46.2 Å². The lowest BCUT2D eigenvalue weighted by Gasteiger charge is -2.46. The second-order valence-electron chi connectivity index (χ2n) is 15.8. The minimum Gasteiger partial charge on any atom is -0.385 e. The third-order valence-electron chi connectivity index (χ3n) is 12.1. The molecule has 0 aliphatic carbocycles. The van der Waals surface area contributed by atoms with Gasteiger partial charge in [0, 0.05) is 88.5 Å². The van der Waals surface area contributed by atoms with Crippen LogP contribution in [0, 0.1) is 5.82 Å². The number of hydrogen-bond donors (Lipinski definition) is 4. The fraction of sp³-hybridized carbons (Fsp3) is 0.381. The average molecular weight is 823 g/mol. The summed E-state index contributed by atoms with van der Waals surface area (Å²) in [5.74, 6) is -4.26. The van der Waals surface area contributed by atoms with Gasteiger partial charge in [-0.25, -0.2) is 22.7 Å². The van der Waals surface area contributed by atoms with E-state index >= 15 is 13.2 Å². The van der Waals surface area contributed by atoms with Crippen LogP contribution >= 0.6 is 0 Å². The number of hydrogen-bond acceptors (Lipinski definition) is 12. The molecule has 3 fully saturated rings. The van der Waals surface area contributed by atoms with Gasteiger partial charge in [-0.1, -0.05) is 18.2 Å². The molecule has 0 saturated carbocycles. The van der Waals surface area contributed by atoms with Crippen molar-refractivity contribution in [1.82, 2.24) is 34.7 Å². The van der Waals surface area contributed by atoms with Crippen LogP contribution in [0.3, 0.4) is 0 Å². The summed E-state index contributed by atoms with van der Waals surface area (Å²) in [5.41, 5.74) is 12.5. The number of carbonyl (C=O) groups excluding carboxylic acids is 3. The molecule has 5 aromatic rings. The number of aromatic nitrogens is 4. The van der Waals surface area contributed by atoms with E-state index in [1.54, 1.807) is 30.3 Å². The lowest BCUT2D eigenvalue weighted by atomic mass is 9.97. The summed E-state index contributed by atoms with van der Waals surface area (Å²) < 4.78 is 48.2. The Morgan fingerprint density at radius 1 is 0.950 bits per heavy atom. The summed E-state index contributed by atoms with van der Waals surface area (Å²) in [4.78, 5) is 52.5. The summed E-state index contributed by atoms with van der Waals surface area (Å²) in [6, 6.07) is 15.0. The molecule has 0 bridgehead atoms. The Kier molecular flexibility index (Phi) is 10.3. The number of halogens is 3. The van der Waals surface area contributed by atoms with E-state index < -0.39 is 35.6 Å². The molecule has 5 N–H and O–H groups in total. The third kappa shape index (κ3) is 7.44. The topological polar surface area (TPSA) is 169 Å². The van der Waals surface area contributed by atoms with Crippen molar-refractivity contribution in [2.24, 2.45) is 5.73 Å². The number of nitrogens with one attached hydrogen (secondary N) is 3. The highest BCUT2D eigenvalue weighted by Crippen LogP contribution is 2.40. The molecule has 0 spiro atoms. The molecule has 15 nitrogen and oxygen atoms in total. The summed E-state index contributed by atoms with van der Waals surface area (Å²) in [5, 5.41) is 13.0. The highest BCUT2D eigenvalue weighted by atomic mass is 19.3. The molecule has 2 atom stereocenters. The molecule has 312 valence electrons. The Morgan fingerprint density at radius 2 is 1.78 bits per heavy atom. The molecule has 60 heavy (non-hydrogen) atoms. The molecular formula is C42H45F3N12O3. The average Bonchev–Trinajstić information content (AvgIpc) is 3.88. The molecular weight excluding hydrogens is 778 g/mol. The number of piperidine rings is 2. The van der Waals surface area contributed by atoms with Crippen molar-refractivity contribution in [2.45, 2.75) is 50.2 Å². The smallest absolute Gasteiger partial charge is 0.275 e. The quantitative estimate of drug-likeness (QED) is 0.150. The molecule has 2 aromatic carbocycles. The number of benzene rings is 2. The van der Waals surface area contributed by atoms with Gasteiger partial charge < -0.3 is 26.2 Å². The van der Waals surface area contributed by atoms with Crippen LogP contribution in [0.5, 0.6) is 0 Å². The molecule has 9 rings (SSSR count). The summed E-state index contributed by atoms with van der Waals surface area (Å²) in [6.07, 6.45) is 4.72. The second-order valence-corrected chi connectivity index (χ2v) is 15.8. The van der Waals surface area contributed by atoms with Crippen molar-refractivity contribution in [3.05, 3.63) is 89.6 Å². The van der Waals surface area contributed by atoms with Gasteiger partial charge >= 0.3 is 0 Å². The number of fused-ring (bicyclic) bond motifs is 2. The predicted molar refractivity (Wildman–Crippen MR) is 220 cm³/mol. The molecule has 18 heteroatoms. The molecule has 3 amide bonds. The van der Waals surface area contributed by atoms with E-state index in [4.69, 9.17) is 15.8 Å². The molecule has 0 radical (unpaired) electrons. The fourth-order valence-corrected chi connectivity index (χ4v) is 9.00. The zero-order valence-electron chi connectivity index (χ0n) is 33.0. The van der Waals surface area contributed by atoms with E-state index in [1.165, 1.54) is 16.8 Å². The number of piperazine rings is 1. The highest BCUT2D eigenvalue weighted by molar-refractivity contribution is 6.01. The minimum absolute atomic E-state index is 0.170. The zero-order chi connectivity index (χ0) is 41.7. The lowest BCUT2D eigenvalue weighted by Crippen LogP contribution is -2.61. The maximum absolute atomic E-state index is 15.8. The monoisotopic (exact) mass is 822 g/mol. The van der Waals surface area contributed by atoms with Gasteiger partial charge in [-0.2, -0.15) is 0 Å². The number of rotatable bonds is 10. The summed E-state index contributed by atoms with van der Waals surface area (Å²) in [6.45, 7) is 2.98. The molecule has 3 aromatic heterocycles. The zero-order valence-corrected chi connectivity index (χ0v) is 33.0. The number of amides is 3. The maximum Gasteiger partial charge on any atom is 0.275 e. The fourth-order valence-electron chi connectivity index (χ4n) is 9.00. The first-order valence-electron chi connectivity index (χ1n) is 20.2. The van der Waals surface area contributed by atoms with E-state index in [0.717, 1.165) is 34.5 Å². The van der Waals surface area contributed by atoms with Crippen molar-refractivity contribution in [2.75, 3.05) is 73.3 Å². The van der Waals surface area contributed by atoms with Crippen LogP contribution in [0.4, 0.5) is 41.7 Å². The second kappa shape index (κ2) is 15.7. The Bertz CT molecular complexity index is 2470. The number of nitrogens with zero attached hydrogens (tertiary/aromatic N) is 8. The number of pyridine rings is 1. The number of carbonyl (C=O) groups is 3. The number of imide groups is 1. The van der Waals surface area contributed by atoms with Gasteiger partial charge in [0.15, 0.2) is 11.5 Å². The SMILES string of the molecule is CNc1cc(N2CCc3c(-c4ccc(CN5CCC(N6CCN(c7ccc(NC8CCC(=O)NC8=O)c(F)c7)CC6)C(F)(F)C5)cn4)cccc32)nn2c(C(N)=O)cnc12. The summed E-state index contributed by atoms with van der Waals surface area (Å²) in [7, 11) is 1.78. The number of likely N-dealkylation sites (tertiary alicyclic amines) is 1. The number of nitrogens with two attached hydrogens (primary N) is 1.